The molecule has 1 aromatic rings. The van der Waals surface area contributed by atoms with Crippen LogP contribution in [0.15, 0.2) is 18.2 Å². The molecule has 0 unspecified atom stereocenters. The molecule has 1 aliphatic heterocycles. The van der Waals surface area contributed by atoms with Crippen LogP contribution in [0.1, 0.15) is 55.3 Å². The maximum Gasteiger partial charge on any atom is 0.325 e. The van der Waals surface area contributed by atoms with Crippen molar-refractivity contribution in [2.45, 2.75) is 58.0 Å². The van der Waals surface area contributed by atoms with Crippen molar-refractivity contribution in [3.63, 3.8) is 0 Å². The monoisotopic (exact) mass is 343 g/mol. The van der Waals surface area contributed by atoms with Crippen molar-refractivity contribution in [3.8, 4) is 0 Å². The van der Waals surface area contributed by atoms with Gasteiger partial charge in [0.05, 0.1) is 6.04 Å². The number of carbonyl (C=O) groups excluding carboxylic acids is 3. The second-order valence-electron chi connectivity index (χ2n) is 7.24. The lowest BCUT2D eigenvalue weighted by Gasteiger charge is -2.20. The van der Waals surface area contributed by atoms with Crippen LogP contribution in [0.2, 0.25) is 0 Å². The van der Waals surface area contributed by atoms with Crippen LogP contribution in [0.25, 0.3) is 0 Å². The third-order valence-corrected chi connectivity index (χ3v) is 5.41. The average Bonchev–Trinajstić information content (AvgIpc) is 3.11. The number of aryl methyl sites for hydroxylation is 2. The highest BCUT2D eigenvalue weighted by Crippen LogP contribution is 2.34. The summed E-state index contributed by atoms with van der Waals surface area (Å²) in [7, 11) is 0. The Labute approximate surface area is 148 Å². The van der Waals surface area contributed by atoms with E-state index < -0.39 is 11.6 Å². The number of nitrogens with one attached hydrogen (secondary N) is 2. The van der Waals surface area contributed by atoms with E-state index in [0.29, 0.717) is 12.8 Å². The van der Waals surface area contributed by atoms with E-state index in [0.717, 1.165) is 28.9 Å². The summed E-state index contributed by atoms with van der Waals surface area (Å²) >= 11 is 0. The smallest absolute Gasteiger partial charge is 0.325 e. The van der Waals surface area contributed by atoms with Gasteiger partial charge >= 0.3 is 6.03 Å². The van der Waals surface area contributed by atoms with Gasteiger partial charge in [0, 0.05) is 0 Å². The predicted molar refractivity (Wildman–Crippen MR) is 93.9 cm³/mol. The Morgan fingerprint density at radius 2 is 1.92 bits per heavy atom. The zero-order chi connectivity index (χ0) is 18.2. The van der Waals surface area contributed by atoms with Crippen molar-refractivity contribution in [1.82, 2.24) is 15.5 Å². The zero-order valence-electron chi connectivity index (χ0n) is 15.0. The summed E-state index contributed by atoms with van der Waals surface area (Å²) in [6, 6.07) is 5.40. The van der Waals surface area contributed by atoms with E-state index in [1.807, 2.05) is 39.0 Å². The number of imide groups is 1. The molecule has 2 aliphatic rings. The number of hydrogen-bond acceptors (Lipinski definition) is 3. The van der Waals surface area contributed by atoms with E-state index in [4.69, 9.17) is 0 Å². The molecule has 1 heterocycles. The normalized spacial score (nSPS) is 20.0. The van der Waals surface area contributed by atoms with E-state index in [1.54, 1.807) is 0 Å². The molecule has 1 aromatic carbocycles. The lowest BCUT2D eigenvalue weighted by Crippen LogP contribution is -2.45. The van der Waals surface area contributed by atoms with Gasteiger partial charge in [-0.3, -0.25) is 14.5 Å². The third-order valence-electron chi connectivity index (χ3n) is 5.41. The number of benzene rings is 1. The van der Waals surface area contributed by atoms with Crippen LogP contribution in [-0.4, -0.2) is 34.8 Å². The number of nitrogens with zero attached hydrogens (tertiary/aromatic N) is 1. The SMILES string of the molecule is Cc1ccc([C@H](C)NC(=O)CN2C(=O)NC3(CCCC3)C2=O)cc1C. The van der Waals surface area contributed by atoms with Gasteiger partial charge in [0.25, 0.3) is 5.91 Å². The van der Waals surface area contributed by atoms with Crippen LogP contribution in [0, 0.1) is 13.8 Å². The Kier molecular flexibility index (Phi) is 4.54. The molecule has 134 valence electrons. The average molecular weight is 343 g/mol. The van der Waals surface area contributed by atoms with Gasteiger partial charge in [-0.1, -0.05) is 31.0 Å². The minimum absolute atomic E-state index is 0.187. The molecule has 1 aliphatic carbocycles. The van der Waals surface area contributed by atoms with Gasteiger partial charge in [0.2, 0.25) is 5.91 Å². The molecule has 25 heavy (non-hydrogen) atoms. The second kappa shape index (κ2) is 6.50. The Hall–Kier alpha value is -2.37. The minimum atomic E-state index is -0.767. The fourth-order valence-electron chi connectivity index (χ4n) is 3.69. The standard InChI is InChI=1S/C19H25N3O3/c1-12-6-7-15(10-13(12)2)14(3)20-16(23)11-22-17(24)19(21-18(22)25)8-4-5-9-19/h6-7,10,14H,4-5,8-9,11H2,1-3H3,(H,20,23)(H,21,25)/t14-/m0/s1. The molecule has 1 saturated carbocycles. The first kappa shape index (κ1) is 17.5. The predicted octanol–water partition coefficient (Wildman–Crippen LogP) is 2.35. The van der Waals surface area contributed by atoms with Crippen LogP contribution in [-0.2, 0) is 9.59 Å². The number of rotatable bonds is 4. The van der Waals surface area contributed by atoms with E-state index in [9.17, 15) is 14.4 Å². The largest absolute Gasteiger partial charge is 0.348 e. The molecule has 0 bridgehead atoms. The second-order valence-corrected chi connectivity index (χ2v) is 7.24. The first-order chi connectivity index (χ1) is 11.8. The summed E-state index contributed by atoms with van der Waals surface area (Å²) in [5, 5.41) is 5.67. The van der Waals surface area contributed by atoms with E-state index in [-0.39, 0.29) is 24.4 Å². The summed E-state index contributed by atoms with van der Waals surface area (Å²) in [6.07, 6.45) is 3.18. The van der Waals surface area contributed by atoms with Crippen molar-refractivity contribution < 1.29 is 14.4 Å². The van der Waals surface area contributed by atoms with Gasteiger partial charge in [-0.15, -0.1) is 0 Å². The molecule has 1 saturated heterocycles. The summed E-state index contributed by atoms with van der Waals surface area (Å²) in [5.74, 6) is -0.590. The molecule has 2 fully saturated rings. The minimum Gasteiger partial charge on any atom is -0.348 e. The van der Waals surface area contributed by atoms with E-state index >= 15 is 0 Å². The van der Waals surface area contributed by atoms with Crippen molar-refractivity contribution in [2.75, 3.05) is 6.54 Å². The highest BCUT2D eigenvalue weighted by atomic mass is 16.2. The third kappa shape index (κ3) is 3.25. The van der Waals surface area contributed by atoms with Gasteiger partial charge in [-0.25, -0.2) is 4.79 Å². The Bertz CT molecular complexity index is 723. The quantitative estimate of drug-likeness (QED) is 0.824. The molecule has 0 aromatic heterocycles. The molecular formula is C19H25N3O3. The van der Waals surface area contributed by atoms with Gasteiger partial charge in [-0.05, 0) is 50.3 Å². The molecule has 6 nitrogen and oxygen atoms in total. The number of urea groups is 1. The summed E-state index contributed by atoms with van der Waals surface area (Å²) in [4.78, 5) is 38.1. The van der Waals surface area contributed by atoms with Crippen molar-refractivity contribution in [3.05, 3.63) is 34.9 Å². The van der Waals surface area contributed by atoms with Crippen LogP contribution in [0.5, 0.6) is 0 Å². The zero-order valence-corrected chi connectivity index (χ0v) is 15.0. The number of amides is 4. The molecule has 1 spiro atoms. The number of carbonyl (C=O) groups is 3. The summed E-state index contributed by atoms with van der Waals surface area (Å²) < 4.78 is 0. The molecule has 1 atom stereocenters. The molecule has 0 radical (unpaired) electrons. The lowest BCUT2D eigenvalue weighted by molar-refractivity contribution is -0.135. The Balaban J connectivity index is 1.63. The topological polar surface area (TPSA) is 78.5 Å². The first-order valence-corrected chi connectivity index (χ1v) is 8.83. The maximum atomic E-state index is 12.6. The van der Waals surface area contributed by atoms with Crippen molar-refractivity contribution >= 4 is 17.8 Å². The highest BCUT2D eigenvalue weighted by molar-refractivity contribution is 6.09. The van der Waals surface area contributed by atoms with E-state index in [2.05, 4.69) is 10.6 Å². The summed E-state index contributed by atoms with van der Waals surface area (Å²) in [6.45, 7) is 5.73. The molecule has 4 amide bonds. The van der Waals surface area contributed by atoms with Crippen LogP contribution >= 0.6 is 0 Å². The lowest BCUT2D eigenvalue weighted by atomic mass is 9.98. The fraction of sp³-hybridized carbons (Fsp3) is 0.526. The van der Waals surface area contributed by atoms with Gasteiger partial charge in [0.1, 0.15) is 12.1 Å². The fourth-order valence-corrected chi connectivity index (χ4v) is 3.69. The summed E-state index contributed by atoms with van der Waals surface area (Å²) in [5.41, 5.74) is 2.59. The Morgan fingerprint density at radius 1 is 1.24 bits per heavy atom. The van der Waals surface area contributed by atoms with Gasteiger partial charge < -0.3 is 10.6 Å². The van der Waals surface area contributed by atoms with Crippen LogP contribution < -0.4 is 10.6 Å². The van der Waals surface area contributed by atoms with Crippen molar-refractivity contribution in [2.24, 2.45) is 0 Å². The molecular weight excluding hydrogens is 318 g/mol. The Morgan fingerprint density at radius 3 is 2.56 bits per heavy atom. The van der Waals surface area contributed by atoms with Crippen LogP contribution in [0.3, 0.4) is 0 Å². The first-order valence-electron chi connectivity index (χ1n) is 8.83. The molecule has 2 N–H and O–H groups in total. The highest BCUT2D eigenvalue weighted by Gasteiger charge is 2.52. The van der Waals surface area contributed by atoms with Gasteiger partial charge in [0.15, 0.2) is 0 Å². The van der Waals surface area contributed by atoms with Crippen LogP contribution in [0.4, 0.5) is 4.79 Å². The van der Waals surface area contributed by atoms with Crippen molar-refractivity contribution in [1.29, 1.82) is 0 Å². The van der Waals surface area contributed by atoms with E-state index in [1.165, 1.54) is 5.56 Å². The van der Waals surface area contributed by atoms with Gasteiger partial charge in [-0.2, -0.15) is 0 Å². The molecule has 6 heteroatoms. The number of hydrogen-bond donors (Lipinski definition) is 2. The molecule has 3 rings (SSSR count). The maximum absolute atomic E-state index is 12.6.